The summed E-state index contributed by atoms with van der Waals surface area (Å²) in [7, 11) is 0. The van der Waals surface area contributed by atoms with Gasteiger partial charge in [-0.1, -0.05) is 18.2 Å². The first-order valence-corrected chi connectivity index (χ1v) is 5.16. The molecule has 0 spiro atoms. The second kappa shape index (κ2) is 5.73. The zero-order valence-electron chi connectivity index (χ0n) is 9.40. The van der Waals surface area contributed by atoms with Gasteiger partial charge in [-0.15, -0.1) is 0 Å². The van der Waals surface area contributed by atoms with Crippen molar-refractivity contribution in [2.24, 2.45) is 5.73 Å². The Bertz CT molecular complexity index is 272. The molecule has 1 aromatic carbocycles. The minimum absolute atomic E-state index is 0.264. The van der Waals surface area contributed by atoms with Gasteiger partial charge in [0, 0.05) is 6.54 Å². The Hall–Kier alpha value is -1.06. The highest BCUT2D eigenvalue weighted by atomic mass is 16.5. The molecule has 0 bridgehead atoms. The van der Waals surface area contributed by atoms with Crippen molar-refractivity contribution in [3.8, 4) is 5.75 Å². The Morgan fingerprint density at radius 1 is 1.13 bits per heavy atom. The maximum atomic E-state index is 5.55. The Morgan fingerprint density at radius 2 is 1.80 bits per heavy atom. The molecule has 0 saturated heterocycles. The predicted molar refractivity (Wildman–Crippen MR) is 61.0 cm³/mol. The van der Waals surface area contributed by atoms with E-state index >= 15 is 0 Å². The average molecular weight is 209 g/mol. The molecule has 0 heterocycles. The summed E-state index contributed by atoms with van der Waals surface area (Å²) in [4.78, 5) is 0. The van der Waals surface area contributed by atoms with E-state index in [4.69, 9.17) is 15.2 Å². The normalized spacial score (nSPS) is 11.4. The van der Waals surface area contributed by atoms with Crippen molar-refractivity contribution < 1.29 is 9.47 Å². The van der Waals surface area contributed by atoms with Crippen LogP contribution in [0.5, 0.6) is 5.75 Å². The van der Waals surface area contributed by atoms with Crippen LogP contribution in [0.1, 0.15) is 13.8 Å². The summed E-state index contributed by atoms with van der Waals surface area (Å²) in [6.45, 7) is 5.55. The van der Waals surface area contributed by atoms with Gasteiger partial charge in [-0.3, -0.25) is 0 Å². The molecule has 3 heteroatoms. The third kappa shape index (κ3) is 4.81. The van der Waals surface area contributed by atoms with Crippen LogP contribution in [-0.4, -0.2) is 25.4 Å². The highest BCUT2D eigenvalue weighted by molar-refractivity contribution is 5.20. The van der Waals surface area contributed by atoms with E-state index in [1.807, 2.05) is 44.2 Å². The van der Waals surface area contributed by atoms with Gasteiger partial charge in [-0.2, -0.15) is 0 Å². The summed E-state index contributed by atoms with van der Waals surface area (Å²) in [5.74, 6) is 0.867. The molecule has 0 aromatic heterocycles. The Morgan fingerprint density at radius 3 is 2.40 bits per heavy atom. The van der Waals surface area contributed by atoms with Crippen LogP contribution in [-0.2, 0) is 4.74 Å². The number of ether oxygens (including phenoxy) is 2. The maximum Gasteiger partial charge on any atom is 0.119 e. The SMILES string of the molecule is CC(C)(CN)OCCOc1ccccc1. The van der Waals surface area contributed by atoms with Gasteiger partial charge in [-0.05, 0) is 26.0 Å². The van der Waals surface area contributed by atoms with Crippen LogP contribution in [0.15, 0.2) is 30.3 Å². The molecule has 2 N–H and O–H groups in total. The first-order chi connectivity index (χ1) is 7.14. The quantitative estimate of drug-likeness (QED) is 0.727. The van der Waals surface area contributed by atoms with E-state index in [0.29, 0.717) is 19.8 Å². The predicted octanol–water partition coefficient (Wildman–Crippen LogP) is 1.82. The van der Waals surface area contributed by atoms with Gasteiger partial charge >= 0.3 is 0 Å². The van der Waals surface area contributed by atoms with Crippen molar-refractivity contribution in [3.63, 3.8) is 0 Å². The molecule has 15 heavy (non-hydrogen) atoms. The zero-order chi connectivity index (χ0) is 11.1. The smallest absolute Gasteiger partial charge is 0.119 e. The maximum absolute atomic E-state index is 5.55. The lowest BCUT2D eigenvalue weighted by Crippen LogP contribution is -2.35. The van der Waals surface area contributed by atoms with Crippen LogP contribution in [0.25, 0.3) is 0 Å². The molecule has 0 saturated carbocycles. The number of benzene rings is 1. The van der Waals surface area contributed by atoms with Gasteiger partial charge in [0.2, 0.25) is 0 Å². The van der Waals surface area contributed by atoms with Crippen LogP contribution >= 0.6 is 0 Å². The largest absolute Gasteiger partial charge is 0.491 e. The number of rotatable bonds is 6. The minimum atomic E-state index is -0.264. The van der Waals surface area contributed by atoms with Gasteiger partial charge < -0.3 is 15.2 Å². The molecule has 0 radical (unpaired) electrons. The molecule has 1 rings (SSSR count). The molecule has 0 aliphatic heterocycles. The zero-order valence-corrected chi connectivity index (χ0v) is 9.40. The fraction of sp³-hybridized carbons (Fsp3) is 0.500. The fourth-order valence-electron chi connectivity index (χ4n) is 1.05. The molecular weight excluding hydrogens is 190 g/mol. The second-order valence-corrected chi connectivity index (χ2v) is 3.97. The number of nitrogens with two attached hydrogens (primary N) is 1. The van der Waals surface area contributed by atoms with Gasteiger partial charge in [0.05, 0.1) is 12.2 Å². The highest BCUT2D eigenvalue weighted by Crippen LogP contribution is 2.09. The van der Waals surface area contributed by atoms with E-state index in [9.17, 15) is 0 Å². The third-order valence-electron chi connectivity index (χ3n) is 2.08. The van der Waals surface area contributed by atoms with Crippen LogP contribution in [0.2, 0.25) is 0 Å². The van der Waals surface area contributed by atoms with Gasteiger partial charge in [0.1, 0.15) is 12.4 Å². The van der Waals surface area contributed by atoms with Crippen molar-refractivity contribution in [1.82, 2.24) is 0 Å². The Labute approximate surface area is 91.2 Å². The van der Waals surface area contributed by atoms with Gasteiger partial charge in [0.15, 0.2) is 0 Å². The summed E-state index contributed by atoms with van der Waals surface area (Å²) in [5.41, 5.74) is 5.27. The fourth-order valence-corrected chi connectivity index (χ4v) is 1.05. The summed E-state index contributed by atoms with van der Waals surface area (Å²) in [6.07, 6.45) is 0. The van der Waals surface area contributed by atoms with Crippen LogP contribution in [0.3, 0.4) is 0 Å². The van der Waals surface area contributed by atoms with Crippen molar-refractivity contribution in [2.75, 3.05) is 19.8 Å². The molecule has 1 aromatic rings. The second-order valence-electron chi connectivity index (χ2n) is 3.97. The van der Waals surface area contributed by atoms with Crippen molar-refractivity contribution >= 4 is 0 Å². The Balaban J connectivity index is 2.18. The summed E-state index contributed by atoms with van der Waals surface area (Å²) in [6, 6.07) is 9.70. The molecular formula is C12H19NO2. The molecule has 0 fully saturated rings. The van der Waals surface area contributed by atoms with Crippen molar-refractivity contribution in [3.05, 3.63) is 30.3 Å². The summed E-state index contributed by atoms with van der Waals surface area (Å²) < 4.78 is 11.0. The number of hydrogen-bond donors (Lipinski definition) is 1. The van der Waals surface area contributed by atoms with Crippen LogP contribution < -0.4 is 10.5 Å². The first-order valence-electron chi connectivity index (χ1n) is 5.16. The van der Waals surface area contributed by atoms with E-state index in [2.05, 4.69) is 0 Å². The van der Waals surface area contributed by atoms with E-state index in [1.165, 1.54) is 0 Å². The monoisotopic (exact) mass is 209 g/mol. The molecule has 84 valence electrons. The number of para-hydroxylation sites is 1. The summed E-state index contributed by atoms with van der Waals surface area (Å²) in [5, 5.41) is 0. The van der Waals surface area contributed by atoms with E-state index in [1.54, 1.807) is 0 Å². The van der Waals surface area contributed by atoms with E-state index in [0.717, 1.165) is 5.75 Å². The molecule has 0 aliphatic rings. The van der Waals surface area contributed by atoms with E-state index < -0.39 is 0 Å². The molecule has 0 amide bonds. The molecule has 0 unspecified atom stereocenters. The minimum Gasteiger partial charge on any atom is -0.491 e. The lowest BCUT2D eigenvalue weighted by atomic mass is 10.1. The molecule has 3 nitrogen and oxygen atoms in total. The highest BCUT2D eigenvalue weighted by Gasteiger charge is 2.14. The van der Waals surface area contributed by atoms with Crippen LogP contribution in [0, 0.1) is 0 Å². The molecule has 0 atom stereocenters. The third-order valence-corrected chi connectivity index (χ3v) is 2.08. The van der Waals surface area contributed by atoms with Crippen molar-refractivity contribution in [2.45, 2.75) is 19.4 Å². The van der Waals surface area contributed by atoms with Gasteiger partial charge in [-0.25, -0.2) is 0 Å². The summed E-state index contributed by atoms with van der Waals surface area (Å²) >= 11 is 0. The average Bonchev–Trinajstić information content (AvgIpc) is 2.26. The van der Waals surface area contributed by atoms with Gasteiger partial charge in [0.25, 0.3) is 0 Å². The first kappa shape index (κ1) is 12.0. The van der Waals surface area contributed by atoms with Crippen molar-refractivity contribution in [1.29, 1.82) is 0 Å². The van der Waals surface area contributed by atoms with Crippen LogP contribution in [0.4, 0.5) is 0 Å². The molecule has 0 aliphatic carbocycles. The topological polar surface area (TPSA) is 44.5 Å². The Kier molecular flexibility index (Phi) is 4.59. The number of hydrogen-bond acceptors (Lipinski definition) is 3. The van der Waals surface area contributed by atoms with E-state index in [-0.39, 0.29) is 5.60 Å². The lowest BCUT2D eigenvalue weighted by molar-refractivity contribution is -0.0229. The standard InChI is InChI=1S/C12H19NO2/c1-12(2,10-13)15-9-8-14-11-6-4-3-5-7-11/h3-7H,8-10,13H2,1-2H3. The lowest BCUT2D eigenvalue weighted by Gasteiger charge is -2.23.